The smallest absolute Gasteiger partial charge is 0.169 e. The Labute approximate surface area is 138 Å². The average molecular weight is 416 g/mol. The molecule has 0 saturated heterocycles. The molecule has 0 spiro atoms. The summed E-state index contributed by atoms with van der Waals surface area (Å²) in [5, 5.41) is 0. The van der Waals surface area contributed by atoms with Gasteiger partial charge in [-0.25, -0.2) is 0 Å². The standard InChI is InChI=1S/C12H12F12S/c1-3-6(2)5-25-8(11(19,20)21,12(22,23)24)4-7(9(13,14)15)10(16,17)18/h4,6H,3,5H2,1-2H3. The highest BCUT2D eigenvalue weighted by molar-refractivity contribution is 8.01. The molecule has 0 heterocycles. The van der Waals surface area contributed by atoms with Gasteiger partial charge in [0.15, 0.2) is 0 Å². The maximum atomic E-state index is 13.0. The molecule has 0 aliphatic rings. The minimum atomic E-state index is -6.45. The number of hydrogen-bond acceptors (Lipinski definition) is 1. The second-order valence-corrected chi connectivity index (χ2v) is 6.38. The van der Waals surface area contributed by atoms with Crippen LogP contribution in [0.4, 0.5) is 52.7 Å². The van der Waals surface area contributed by atoms with Crippen LogP contribution >= 0.6 is 11.8 Å². The highest BCUT2D eigenvalue weighted by atomic mass is 32.2. The summed E-state index contributed by atoms with van der Waals surface area (Å²) in [6.45, 7) is 2.60. The molecule has 0 saturated carbocycles. The lowest BCUT2D eigenvalue weighted by Gasteiger charge is -2.36. The van der Waals surface area contributed by atoms with E-state index in [0.717, 1.165) is 0 Å². The Hall–Kier alpha value is -0.750. The van der Waals surface area contributed by atoms with Crippen LogP contribution in [0.1, 0.15) is 20.3 Å². The summed E-state index contributed by atoms with van der Waals surface area (Å²) in [5.74, 6) is -1.75. The molecule has 1 atom stereocenters. The third-order valence-electron chi connectivity index (χ3n) is 3.09. The predicted octanol–water partition coefficient (Wildman–Crippen LogP) is 6.68. The predicted molar refractivity (Wildman–Crippen MR) is 66.9 cm³/mol. The summed E-state index contributed by atoms with van der Waals surface area (Å²) in [7, 11) is 0. The van der Waals surface area contributed by atoms with E-state index < -0.39 is 64.5 Å². The fourth-order valence-electron chi connectivity index (χ4n) is 1.45. The maximum absolute atomic E-state index is 13.0. The first-order valence-corrected chi connectivity index (χ1v) is 7.42. The molecule has 13 heteroatoms. The van der Waals surface area contributed by atoms with Crippen molar-refractivity contribution in [3.8, 4) is 0 Å². The number of halogens is 12. The third kappa shape index (κ3) is 5.88. The molecule has 0 aromatic carbocycles. The fourth-order valence-corrected chi connectivity index (χ4v) is 2.76. The summed E-state index contributed by atoms with van der Waals surface area (Å²) >= 11 is -1.05. The fraction of sp³-hybridized carbons (Fsp3) is 0.833. The van der Waals surface area contributed by atoms with E-state index in [1.165, 1.54) is 13.8 Å². The first kappa shape index (κ1) is 24.2. The summed E-state index contributed by atoms with van der Waals surface area (Å²) in [5.41, 5.74) is -3.86. The third-order valence-corrected chi connectivity index (χ3v) is 4.86. The Morgan fingerprint density at radius 2 is 1.16 bits per heavy atom. The van der Waals surface area contributed by atoms with E-state index >= 15 is 0 Å². The van der Waals surface area contributed by atoms with Gasteiger partial charge in [-0.1, -0.05) is 20.3 Å². The number of allylic oxidation sites excluding steroid dienone is 1. The summed E-state index contributed by atoms with van der Waals surface area (Å²) < 4.78 is 148. The normalized spacial score (nSPS) is 15.9. The van der Waals surface area contributed by atoms with Gasteiger partial charge < -0.3 is 0 Å². The van der Waals surface area contributed by atoms with Crippen LogP contribution < -0.4 is 0 Å². The van der Waals surface area contributed by atoms with Crippen LogP contribution in [0.25, 0.3) is 0 Å². The van der Waals surface area contributed by atoms with Crippen LogP contribution in [-0.2, 0) is 0 Å². The molecule has 0 aliphatic carbocycles. The van der Waals surface area contributed by atoms with Gasteiger partial charge in [-0.2, -0.15) is 52.7 Å². The van der Waals surface area contributed by atoms with Gasteiger partial charge in [0.25, 0.3) is 0 Å². The first-order chi connectivity index (χ1) is 10.8. The Balaban J connectivity index is 6.60. The minimum Gasteiger partial charge on any atom is -0.169 e. The molecule has 0 aromatic heterocycles. The zero-order valence-electron chi connectivity index (χ0n) is 12.5. The zero-order valence-corrected chi connectivity index (χ0v) is 13.3. The molecule has 0 aromatic rings. The van der Waals surface area contributed by atoms with Crippen molar-refractivity contribution in [3.05, 3.63) is 11.6 Å². The highest BCUT2D eigenvalue weighted by Gasteiger charge is 2.71. The second-order valence-electron chi connectivity index (χ2n) is 5.11. The van der Waals surface area contributed by atoms with Gasteiger partial charge in [0.05, 0.1) is 0 Å². The summed E-state index contributed by atoms with van der Waals surface area (Å²) in [6, 6.07) is 0. The molecule has 0 N–H and O–H groups in total. The van der Waals surface area contributed by atoms with Crippen LogP contribution in [0.15, 0.2) is 11.6 Å². The molecule has 1 unspecified atom stereocenters. The van der Waals surface area contributed by atoms with Gasteiger partial charge in [0.1, 0.15) is 5.57 Å². The van der Waals surface area contributed by atoms with E-state index in [-0.39, 0.29) is 6.42 Å². The summed E-state index contributed by atoms with van der Waals surface area (Å²) in [6.07, 6.45) is -27.5. The van der Waals surface area contributed by atoms with Gasteiger partial charge in [0, 0.05) is 0 Å². The van der Waals surface area contributed by atoms with Crippen molar-refractivity contribution in [2.24, 2.45) is 5.92 Å². The molecule has 0 aliphatic heterocycles. The molecule has 0 rings (SSSR count). The number of alkyl halides is 12. The molecule has 25 heavy (non-hydrogen) atoms. The van der Waals surface area contributed by atoms with Gasteiger partial charge in [-0.15, -0.1) is 11.8 Å². The Bertz CT molecular complexity index is 434. The van der Waals surface area contributed by atoms with Gasteiger partial charge in [0.2, 0.25) is 4.75 Å². The lowest BCUT2D eigenvalue weighted by Crippen LogP contribution is -2.54. The lowest BCUT2D eigenvalue weighted by atomic mass is 10.0. The van der Waals surface area contributed by atoms with Gasteiger partial charge in [-0.05, 0) is 17.7 Å². The maximum Gasteiger partial charge on any atom is 0.421 e. The van der Waals surface area contributed by atoms with Gasteiger partial charge in [-0.3, -0.25) is 0 Å². The number of rotatable bonds is 5. The molecule has 0 amide bonds. The van der Waals surface area contributed by atoms with Crippen LogP contribution in [0.2, 0.25) is 0 Å². The molecular formula is C12H12F12S. The number of thioether (sulfide) groups is 1. The molecule has 0 fully saturated rings. The van der Waals surface area contributed by atoms with E-state index in [9.17, 15) is 52.7 Å². The zero-order chi connectivity index (χ0) is 20.5. The van der Waals surface area contributed by atoms with Gasteiger partial charge >= 0.3 is 24.7 Å². The van der Waals surface area contributed by atoms with Crippen LogP contribution in [-0.4, -0.2) is 35.2 Å². The number of hydrogen-bond donors (Lipinski definition) is 0. The SMILES string of the molecule is CCC(C)CSC(C=C(C(F)(F)F)C(F)(F)F)(C(F)(F)F)C(F)(F)F. The van der Waals surface area contributed by atoms with Crippen molar-refractivity contribution in [2.75, 3.05) is 5.75 Å². The van der Waals surface area contributed by atoms with Crippen molar-refractivity contribution >= 4 is 11.8 Å². The van der Waals surface area contributed by atoms with Crippen molar-refractivity contribution in [1.29, 1.82) is 0 Å². The van der Waals surface area contributed by atoms with Crippen LogP contribution in [0, 0.1) is 5.92 Å². The Morgan fingerprint density at radius 3 is 1.40 bits per heavy atom. The Kier molecular flexibility index (Phi) is 7.25. The lowest BCUT2D eigenvalue weighted by molar-refractivity contribution is -0.251. The van der Waals surface area contributed by atoms with Crippen molar-refractivity contribution in [3.63, 3.8) is 0 Å². The van der Waals surface area contributed by atoms with Crippen LogP contribution in [0.5, 0.6) is 0 Å². The van der Waals surface area contributed by atoms with E-state index in [0.29, 0.717) is 0 Å². The molecular weight excluding hydrogens is 404 g/mol. The van der Waals surface area contributed by atoms with Crippen LogP contribution in [0.3, 0.4) is 0 Å². The quantitative estimate of drug-likeness (QED) is 0.356. The summed E-state index contributed by atoms with van der Waals surface area (Å²) in [4.78, 5) is 0. The second kappa shape index (κ2) is 7.47. The first-order valence-electron chi connectivity index (χ1n) is 6.44. The molecule has 0 bridgehead atoms. The van der Waals surface area contributed by atoms with E-state index in [1.807, 2.05) is 0 Å². The van der Waals surface area contributed by atoms with Crippen molar-refractivity contribution < 1.29 is 52.7 Å². The highest BCUT2D eigenvalue weighted by Crippen LogP contribution is 2.56. The van der Waals surface area contributed by atoms with E-state index in [1.54, 1.807) is 0 Å². The van der Waals surface area contributed by atoms with Crippen molar-refractivity contribution in [2.45, 2.75) is 49.7 Å². The van der Waals surface area contributed by atoms with E-state index in [4.69, 9.17) is 0 Å². The molecule has 0 nitrogen and oxygen atoms in total. The topological polar surface area (TPSA) is 0 Å². The molecule has 150 valence electrons. The monoisotopic (exact) mass is 416 g/mol. The minimum absolute atomic E-state index is 0.0773. The van der Waals surface area contributed by atoms with Crippen molar-refractivity contribution in [1.82, 2.24) is 0 Å². The largest absolute Gasteiger partial charge is 0.421 e. The van der Waals surface area contributed by atoms with E-state index in [2.05, 4.69) is 0 Å². The molecule has 0 radical (unpaired) electrons. The average Bonchev–Trinajstić information content (AvgIpc) is 2.32. The Morgan fingerprint density at radius 1 is 0.800 bits per heavy atom.